The first kappa shape index (κ1) is 15.1. The number of carbonyl (C=O) groups is 1. The summed E-state index contributed by atoms with van der Waals surface area (Å²) in [5.41, 5.74) is 0.740. The van der Waals surface area contributed by atoms with Gasteiger partial charge in [0.2, 0.25) is 15.9 Å². The number of nitrogens with one attached hydrogen (secondary N) is 2. The van der Waals surface area contributed by atoms with E-state index in [1.165, 1.54) is 25.1 Å². The van der Waals surface area contributed by atoms with Crippen LogP contribution in [-0.4, -0.2) is 26.0 Å². The van der Waals surface area contributed by atoms with Crippen LogP contribution < -0.4 is 10.0 Å². The molecule has 2 N–H and O–H groups in total. The Morgan fingerprint density at radius 2 is 2.06 bits per heavy atom. The Kier molecular flexibility index (Phi) is 5.25. The molecule has 0 bridgehead atoms. The van der Waals surface area contributed by atoms with Gasteiger partial charge >= 0.3 is 0 Å². The van der Waals surface area contributed by atoms with Gasteiger partial charge < -0.3 is 5.32 Å². The van der Waals surface area contributed by atoms with Gasteiger partial charge in [0.15, 0.2) is 0 Å². The molecule has 1 aromatic rings. The maximum Gasteiger partial charge on any atom is 0.233 e. The van der Waals surface area contributed by atoms with Gasteiger partial charge in [-0.1, -0.05) is 11.6 Å². The van der Waals surface area contributed by atoms with E-state index in [4.69, 9.17) is 23.2 Å². The van der Waals surface area contributed by atoms with Crippen molar-refractivity contribution in [2.24, 2.45) is 0 Å². The van der Waals surface area contributed by atoms with Crippen molar-refractivity contribution in [1.29, 1.82) is 0 Å². The summed E-state index contributed by atoms with van der Waals surface area (Å²) in [5.74, 6) is -0.431. The van der Waals surface area contributed by atoms with Gasteiger partial charge in [0.1, 0.15) is 0 Å². The van der Waals surface area contributed by atoms with Crippen LogP contribution in [0.15, 0.2) is 18.2 Å². The summed E-state index contributed by atoms with van der Waals surface area (Å²) in [6.45, 7) is 1.35. The topological polar surface area (TPSA) is 75.3 Å². The molecule has 0 spiro atoms. The van der Waals surface area contributed by atoms with Crippen LogP contribution in [0.2, 0.25) is 5.02 Å². The number of halogens is 2. The lowest BCUT2D eigenvalue weighted by molar-refractivity contribution is -0.114. The fourth-order valence-electron chi connectivity index (χ4n) is 1.20. The molecular weight excluding hydrogens is 299 g/mol. The lowest BCUT2D eigenvalue weighted by Gasteiger charge is -2.09. The summed E-state index contributed by atoms with van der Waals surface area (Å²) in [4.78, 5) is 10.9. The number of alkyl halides is 1. The van der Waals surface area contributed by atoms with Gasteiger partial charge in [-0.2, -0.15) is 0 Å². The molecule has 0 radical (unpaired) electrons. The van der Waals surface area contributed by atoms with Gasteiger partial charge in [0, 0.05) is 12.8 Å². The molecule has 0 aliphatic carbocycles. The SMILES string of the molecule is CC(=O)Nc1ccc(NS(=O)(=O)CCCl)cc1Cl. The van der Waals surface area contributed by atoms with Gasteiger partial charge in [0.25, 0.3) is 0 Å². The zero-order chi connectivity index (χ0) is 13.8. The maximum atomic E-state index is 11.5. The monoisotopic (exact) mass is 310 g/mol. The lowest BCUT2D eigenvalue weighted by atomic mass is 10.3. The van der Waals surface area contributed by atoms with Crippen LogP contribution in [0.25, 0.3) is 0 Å². The quantitative estimate of drug-likeness (QED) is 0.819. The van der Waals surface area contributed by atoms with Crippen molar-refractivity contribution in [3.8, 4) is 0 Å². The van der Waals surface area contributed by atoms with E-state index in [0.29, 0.717) is 11.4 Å². The molecule has 0 heterocycles. The third-order valence-corrected chi connectivity index (χ3v) is 3.91. The second-order valence-electron chi connectivity index (χ2n) is 3.49. The molecule has 5 nitrogen and oxygen atoms in total. The van der Waals surface area contributed by atoms with Crippen molar-refractivity contribution in [2.45, 2.75) is 6.92 Å². The Morgan fingerprint density at radius 1 is 1.39 bits per heavy atom. The van der Waals surface area contributed by atoms with Crippen molar-refractivity contribution in [3.63, 3.8) is 0 Å². The highest BCUT2D eigenvalue weighted by Gasteiger charge is 2.10. The molecule has 1 amide bonds. The summed E-state index contributed by atoms with van der Waals surface area (Å²) in [6.07, 6.45) is 0. The molecule has 1 aromatic carbocycles. The third kappa shape index (κ3) is 4.72. The minimum atomic E-state index is -3.47. The number of hydrogen-bond donors (Lipinski definition) is 2. The Morgan fingerprint density at radius 3 is 2.56 bits per heavy atom. The van der Waals surface area contributed by atoms with E-state index in [0.717, 1.165) is 0 Å². The zero-order valence-corrected chi connectivity index (χ0v) is 11.9. The zero-order valence-electron chi connectivity index (χ0n) is 9.54. The van der Waals surface area contributed by atoms with Crippen LogP contribution in [0.3, 0.4) is 0 Å². The molecule has 0 aliphatic heterocycles. The average Bonchev–Trinajstić information content (AvgIpc) is 2.20. The molecule has 18 heavy (non-hydrogen) atoms. The number of anilines is 2. The second-order valence-corrected chi connectivity index (χ2v) is 6.11. The normalized spacial score (nSPS) is 11.1. The number of benzene rings is 1. The molecule has 1 rings (SSSR count). The van der Waals surface area contributed by atoms with E-state index in [2.05, 4.69) is 10.0 Å². The van der Waals surface area contributed by atoms with Crippen LogP contribution in [0.5, 0.6) is 0 Å². The number of hydrogen-bond acceptors (Lipinski definition) is 3. The first-order chi connectivity index (χ1) is 8.34. The summed E-state index contributed by atoms with van der Waals surface area (Å²) >= 11 is 11.3. The Labute approximate surface area is 116 Å². The molecule has 0 aliphatic rings. The number of sulfonamides is 1. The maximum absolute atomic E-state index is 11.5. The van der Waals surface area contributed by atoms with Crippen LogP contribution in [0, 0.1) is 0 Å². The minimum absolute atomic E-state index is 0.00699. The molecule has 0 fully saturated rings. The summed E-state index contributed by atoms with van der Waals surface area (Å²) in [6, 6.07) is 4.43. The van der Waals surface area contributed by atoms with E-state index in [1.54, 1.807) is 0 Å². The fraction of sp³-hybridized carbons (Fsp3) is 0.300. The van der Waals surface area contributed by atoms with Crippen LogP contribution >= 0.6 is 23.2 Å². The summed E-state index contributed by atoms with van der Waals surface area (Å²) in [7, 11) is -3.47. The van der Waals surface area contributed by atoms with E-state index in [9.17, 15) is 13.2 Å². The van der Waals surface area contributed by atoms with Gasteiger partial charge in [-0.15, -0.1) is 11.6 Å². The third-order valence-electron chi connectivity index (χ3n) is 1.90. The molecule has 0 saturated carbocycles. The predicted molar refractivity (Wildman–Crippen MR) is 73.9 cm³/mol. The van der Waals surface area contributed by atoms with Crippen LogP contribution in [0.1, 0.15) is 6.92 Å². The first-order valence-electron chi connectivity index (χ1n) is 4.97. The molecule has 0 saturated heterocycles. The smallest absolute Gasteiger partial charge is 0.233 e. The van der Waals surface area contributed by atoms with Crippen molar-refractivity contribution < 1.29 is 13.2 Å². The molecular formula is C10H12Cl2N2O3S. The molecule has 100 valence electrons. The molecule has 0 unspecified atom stereocenters. The van der Waals surface area contributed by atoms with Crippen LogP contribution in [-0.2, 0) is 14.8 Å². The van der Waals surface area contributed by atoms with Gasteiger partial charge in [-0.25, -0.2) is 8.42 Å². The highest BCUT2D eigenvalue weighted by molar-refractivity contribution is 7.92. The number of carbonyl (C=O) groups excluding carboxylic acids is 1. The summed E-state index contributed by atoms with van der Waals surface area (Å²) in [5, 5.41) is 2.77. The van der Waals surface area contributed by atoms with Crippen molar-refractivity contribution >= 4 is 50.5 Å². The largest absolute Gasteiger partial charge is 0.325 e. The van der Waals surface area contributed by atoms with Crippen LogP contribution in [0.4, 0.5) is 11.4 Å². The standard InChI is InChI=1S/C10H12Cl2N2O3S/c1-7(15)13-10-3-2-8(6-9(10)12)14-18(16,17)5-4-11/h2-3,6,14H,4-5H2,1H3,(H,13,15). The molecule has 0 aromatic heterocycles. The molecule has 8 heteroatoms. The minimum Gasteiger partial charge on any atom is -0.325 e. The van der Waals surface area contributed by atoms with E-state index in [1.807, 2.05) is 0 Å². The molecule has 0 atom stereocenters. The average molecular weight is 311 g/mol. The highest BCUT2D eigenvalue weighted by atomic mass is 35.5. The second kappa shape index (κ2) is 6.26. The Bertz CT molecular complexity index is 546. The van der Waals surface area contributed by atoms with Gasteiger partial charge in [-0.3, -0.25) is 9.52 Å². The van der Waals surface area contributed by atoms with Crippen molar-refractivity contribution in [1.82, 2.24) is 0 Å². The van der Waals surface area contributed by atoms with E-state index >= 15 is 0 Å². The number of amides is 1. The lowest BCUT2D eigenvalue weighted by Crippen LogP contribution is -2.17. The fourth-order valence-corrected chi connectivity index (χ4v) is 2.83. The predicted octanol–water partition coefficient (Wildman–Crippen LogP) is 2.28. The Balaban J connectivity index is 2.88. The highest BCUT2D eigenvalue weighted by Crippen LogP contribution is 2.26. The van der Waals surface area contributed by atoms with Gasteiger partial charge in [0.05, 0.1) is 22.2 Å². The van der Waals surface area contributed by atoms with Crippen molar-refractivity contribution in [3.05, 3.63) is 23.2 Å². The van der Waals surface area contributed by atoms with E-state index < -0.39 is 10.0 Å². The number of rotatable bonds is 5. The summed E-state index contributed by atoms with van der Waals surface area (Å²) < 4.78 is 25.3. The van der Waals surface area contributed by atoms with Crippen molar-refractivity contribution in [2.75, 3.05) is 21.7 Å². The van der Waals surface area contributed by atoms with E-state index in [-0.39, 0.29) is 22.6 Å². The first-order valence-corrected chi connectivity index (χ1v) is 7.54. The Hall–Kier alpha value is -0.980. The van der Waals surface area contributed by atoms with Gasteiger partial charge in [-0.05, 0) is 18.2 Å².